The maximum absolute atomic E-state index is 12.4. The molecule has 0 bridgehead atoms. The molecule has 10 nitrogen and oxygen atoms in total. The lowest BCUT2D eigenvalue weighted by atomic mass is 10.3. The molecule has 0 aliphatic rings. The number of nitrogens with zero attached hydrogens (tertiary/aromatic N) is 4. The van der Waals surface area contributed by atoms with Crippen LogP contribution in [0.5, 0.6) is 5.75 Å². The first-order valence-electron chi connectivity index (χ1n) is 9.80. The highest BCUT2D eigenvalue weighted by Crippen LogP contribution is 2.20. The summed E-state index contributed by atoms with van der Waals surface area (Å²) in [7, 11) is -2.06. The van der Waals surface area contributed by atoms with Crippen molar-refractivity contribution in [3.8, 4) is 5.75 Å². The van der Waals surface area contributed by atoms with Crippen LogP contribution in [-0.2, 0) is 10.0 Å². The van der Waals surface area contributed by atoms with E-state index in [-0.39, 0.29) is 17.6 Å². The molecule has 0 aliphatic carbocycles. The number of aromatic nitrogens is 4. The van der Waals surface area contributed by atoms with Crippen LogP contribution < -0.4 is 20.1 Å². The predicted molar refractivity (Wildman–Crippen MR) is 119 cm³/mol. The number of aryl methyl sites for hydroxylation is 1. The molecule has 2 aromatic heterocycles. The monoisotopic (exact) mass is 445 g/mol. The molecule has 3 N–H and O–H groups in total. The van der Waals surface area contributed by atoms with Gasteiger partial charge in [0.25, 0.3) is 10.0 Å². The number of ether oxygens (including phenoxy) is 1. The molecular weight excluding hydrogens is 418 g/mol. The van der Waals surface area contributed by atoms with Crippen LogP contribution in [0.4, 0.5) is 17.5 Å². The lowest BCUT2D eigenvalue weighted by molar-refractivity contribution is 0.415. The highest BCUT2D eigenvalue weighted by molar-refractivity contribution is 7.89. The number of benzene rings is 1. The quantitative estimate of drug-likeness (QED) is 0.407. The lowest BCUT2D eigenvalue weighted by Gasteiger charge is -2.11. The average molecular weight is 446 g/mol. The smallest absolute Gasteiger partial charge is 0.259 e. The molecule has 0 saturated carbocycles. The number of rotatable bonds is 10. The molecule has 3 rings (SSSR count). The van der Waals surface area contributed by atoms with Crippen LogP contribution in [0.25, 0.3) is 0 Å². The third kappa shape index (κ3) is 6.15. The Morgan fingerprint density at radius 2 is 1.87 bits per heavy atom. The van der Waals surface area contributed by atoms with Crippen molar-refractivity contribution in [3.63, 3.8) is 0 Å². The van der Waals surface area contributed by atoms with Gasteiger partial charge in [-0.2, -0.15) is 4.98 Å². The van der Waals surface area contributed by atoms with Crippen molar-refractivity contribution in [3.05, 3.63) is 48.5 Å². The van der Waals surface area contributed by atoms with E-state index in [0.717, 1.165) is 17.1 Å². The molecule has 0 atom stereocenters. The van der Waals surface area contributed by atoms with Gasteiger partial charge in [-0.1, -0.05) is 0 Å². The normalized spacial score (nSPS) is 11.5. The van der Waals surface area contributed by atoms with Crippen LogP contribution >= 0.6 is 0 Å². The first kappa shape index (κ1) is 22.5. The third-order valence-electron chi connectivity index (χ3n) is 4.37. The minimum Gasteiger partial charge on any atom is -0.497 e. The van der Waals surface area contributed by atoms with Crippen molar-refractivity contribution >= 4 is 27.5 Å². The standard InChI is InChI=1S/C20H27N7O3S/c1-14(2)27-12-19(22-13-27)31(28,29)23-10-9-21-20-24-15(3)11-18(26-20)25-16-5-7-17(30-4)8-6-16/h5-8,11-14,23H,9-10H2,1-4H3,(H2,21,24,25,26). The fourth-order valence-corrected chi connectivity index (χ4v) is 3.67. The van der Waals surface area contributed by atoms with Crippen molar-refractivity contribution < 1.29 is 13.2 Å². The number of sulfonamides is 1. The van der Waals surface area contributed by atoms with Gasteiger partial charge in [-0.25, -0.2) is 23.1 Å². The van der Waals surface area contributed by atoms with E-state index >= 15 is 0 Å². The summed E-state index contributed by atoms with van der Waals surface area (Å²) in [6, 6.07) is 9.44. The Balaban J connectivity index is 1.56. The second-order valence-electron chi connectivity index (χ2n) is 7.15. The van der Waals surface area contributed by atoms with Gasteiger partial charge >= 0.3 is 0 Å². The number of nitrogens with one attached hydrogen (secondary N) is 3. The Hall–Kier alpha value is -3.18. The summed E-state index contributed by atoms with van der Waals surface area (Å²) in [6.45, 7) is 6.24. The van der Waals surface area contributed by atoms with Gasteiger partial charge in [-0.05, 0) is 45.0 Å². The van der Waals surface area contributed by atoms with Crippen LogP contribution in [-0.4, -0.2) is 48.1 Å². The second kappa shape index (κ2) is 9.75. The van der Waals surface area contributed by atoms with Gasteiger partial charge in [0, 0.05) is 42.8 Å². The van der Waals surface area contributed by atoms with Crippen LogP contribution in [0.2, 0.25) is 0 Å². The molecule has 11 heteroatoms. The van der Waals surface area contributed by atoms with Crippen molar-refractivity contribution in [1.82, 2.24) is 24.2 Å². The van der Waals surface area contributed by atoms with E-state index in [9.17, 15) is 8.42 Å². The van der Waals surface area contributed by atoms with E-state index in [0.29, 0.717) is 18.3 Å². The number of imidazole rings is 1. The highest BCUT2D eigenvalue weighted by atomic mass is 32.2. The molecule has 0 aliphatic heterocycles. The summed E-state index contributed by atoms with van der Waals surface area (Å²) in [5.41, 5.74) is 1.63. The van der Waals surface area contributed by atoms with Gasteiger partial charge < -0.3 is 19.9 Å². The lowest BCUT2D eigenvalue weighted by Crippen LogP contribution is -2.29. The highest BCUT2D eigenvalue weighted by Gasteiger charge is 2.17. The van der Waals surface area contributed by atoms with E-state index in [4.69, 9.17) is 4.74 Å². The molecule has 0 amide bonds. The summed E-state index contributed by atoms with van der Waals surface area (Å²) in [4.78, 5) is 12.7. The Morgan fingerprint density at radius 1 is 1.13 bits per heavy atom. The number of anilines is 3. The summed E-state index contributed by atoms with van der Waals surface area (Å²) in [6.07, 6.45) is 3.02. The second-order valence-corrected chi connectivity index (χ2v) is 8.86. The van der Waals surface area contributed by atoms with Crippen molar-refractivity contribution in [1.29, 1.82) is 0 Å². The molecule has 0 unspecified atom stereocenters. The Morgan fingerprint density at radius 3 is 2.52 bits per heavy atom. The zero-order valence-electron chi connectivity index (χ0n) is 18.0. The molecule has 0 spiro atoms. The van der Waals surface area contributed by atoms with Crippen molar-refractivity contribution in [2.75, 3.05) is 30.8 Å². The van der Waals surface area contributed by atoms with Gasteiger partial charge in [0.15, 0.2) is 5.03 Å². The van der Waals surface area contributed by atoms with Crippen molar-refractivity contribution in [2.24, 2.45) is 0 Å². The predicted octanol–water partition coefficient (Wildman–Crippen LogP) is 2.71. The number of methoxy groups -OCH3 is 1. The number of hydrogen-bond acceptors (Lipinski definition) is 8. The van der Waals surface area contributed by atoms with Crippen LogP contribution in [0.1, 0.15) is 25.6 Å². The first-order chi connectivity index (χ1) is 14.8. The largest absolute Gasteiger partial charge is 0.497 e. The zero-order chi connectivity index (χ0) is 22.4. The van der Waals surface area contributed by atoms with Gasteiger partial charge in [0.1, 0.15) is 11.6 Å². The topological polar surface area (TPSA) is 123 Å². The fraction of sp³-hybridized carbons (Fsp3) is 0.350. The van der Waals surface area contributed by atoms with E-state index in [1.165, 1.54) is 12.5 Å². The molecule has 0 radical (unpaired) electrons. The summed E-state index contributed by atoms with van der Waals surface area (Å²) in [5.74, 6) is 1.80. The molecule has 2 heterocycles. The van der Waals surface area contributed by atoms with Gasteiger partial charge in [0.05, 0.1) is 13.4 Å². The minimum atomic E-state index is -3.68. The molecule has 0 fully saturated rings. The SMILES string of the molecule is COc1ccc(Nc2cc(C)nc(NCCNS(=O)(=O)c3cn(C(C)C)cn3)n2)cc1. The number of hydrogen-bond donors (Lipinski definition) is 3. The van der Waals surface area contributed by atoms with Gasteiger partial charge in [0.2, 0.25) is 5.95 Å². The van der Waals surface area contributed by atoms with Crippen molar-refractivity contribution in [2.45, 2.75) is 31.8 Å². The zero-order valence-corrected chi connectivity index (χ0v) is 18.8. The molecule has 31 heavy (non-hydrogen) atoms. The summed E-state index contributed by atoms with van der Waals surface area (Å²) >= 11 is 0. The van der Waals surface area contributed by atoms with Gasteiger partial charge in [-0.15, -0.1) is 0 Å². The van der Waals surface area contributed by atoms with E-state index < -0.39 is 10.0 Å². The molecule has 0 saturated heterocycles. The minimum absolute atomic E-state index is 0.000941. The van der Waals surface area contributed by atoms with Crippen LogP contribution in [0.15, 0.2) is 47.9 Å². The Labute approximate surface area is 182 Å². The Kier molecular flexibility index (Phi) is 7.08. The van der Waals surface area contributed by atoms with E-state index in [1.807, 2.05) is 51.1 Å². The molecule has 1 aromatic carbocycles. The Bertz CT molecular complexity index is 1110. The van der Waals surface area contributed by atoms with Gasteiger partial charge in [-0.3, -0.25) is 0 Å². The molecule has 166 valence electrons. The van der Waals surface area contributed by atoms with E-state index in [2.05, 4.69) is 30.3 Å². The van der Waals surface area contributed by atoms with Crippen LogP contribution in [0, 0.1) is 6.92 Å². The molecule has 3 aromatic rings. The van der Waals surface area contributed by atoms with Crippen LogP contribution in [0.3, 0.4) is 0 Å². The summed E-state index contributed by atoms with van der Waals surface area (Å²) in [5, 5.41) is 6.26. The first-order valence-corrected chi connectivity index (χ1v) is 11.3. The summed E-state index contributed by atoms with van der Waals surface area (Å²) < 4.78 is 34.2. The molecular formula is C20H27N7O3S. The maximum Gasteiger partial charge on any atom is 0.259 e. The van der Waals surface area contributed by atoms with E-state index in [1.54, 1.807) is 11.7 Å². The average Bonchev–Trinajstić information content (AvgIpc) is 3.23. The fourth-order valence-electron chi connectivity index (χ4n) is 2.71. The third-order valence-corrected chi connectivity index (χ3v) is 5.71. The maximum atomic E-state index is 12.4.